The average Bonchev–Trinajstić information content (AvgIpc) is 2.87. The third-order valence-corrected chi connectivity index (χ3v) is 3.03. The molecule has 20 heavy (non-hydrogen) atoms. The van der Waals surface area contributed by atoms with Crippen molar-refractivity contribution in [3.8, 4) is 23.2 Å². The molecule has 104 valence electrons. The van der Waals surface area contributed by atoms with Crippen LogP contribution in [0, 0.1) is 24.2 Å². The monoisotopic (exact) mass is 271 g/mol. The van der Waals surface area contributed by atoms with Crippen LogP contribution >= 0.6 is 0 Å². The van der Waals surface area contributed by atoms with Crippen LogP contribution in [0.2, 0.25) is 0 Å². The Balaban J connectivity index is 2.23. The predicted octanol–water partition coefficient (Wildman–Crippen LogP) is 3.15. The SMILES string of the molecule is COc1cc(C)ccc1-c1noc(CC(C)CC#N)n1. The second-order valence-electron chi connectivity index (χ2n) is 4.89. The second-order valence-corrected chi connectivity index (χ2v) is 4.89. The molecule has 0 spiro atoms. The van der Waals surface area contributed by atoms with Gasteiger partial charge >= 0.3 is 0 Å². The molecular formula is C15H17N3O2. The normalized spacial score (nSPS) is 11.9. The van der Waals surface area contributed by atoms with Crippen molar-refractivity contribution in [3.05, 3.63) is 29.7 Å². The van der Waals surface area contributed by atoms with Crippen molar-refractivity contribution in [2.75, 3.05) is 7.11 Å². The Morgan fingerprint density at radius 3 is 2.95 bits per heavy atom. The molecule has 0 aliphatic rings. The van der Waals surface area contributed by atoms with E-state index in [0.717, 1.165) is 16.9 Å². The van der Waals surface area contributed by atoms with Gasteiger partial charge in [0.1, 0.15) is 5.75 Å². The van der Waals surface area contributed by atoms with Crippen molar-refractivity contribution in [2.45, 2.75) is 26.7 Å². The predicted molar refractivity (Wildman–Crippen MR) is 74.1 cm³/mol. The number of nitriles is 1. The summed E-state index contributed by atoms with van der Waals surface area (Å²) in [7, 11) is 1.62. The molecular weight excluding hydrogens is 254 g/mol. The Hall–Kier alpha value is -2.35. The number of ether oxygens (including phenoxy) is 1. The summed E-state index contributed by atoms with van der Waals surface area (Å²) in [5, 5.41) is 12.6. The summed E-state index contributed by atoms with van der Waals surface area (Å²) in [5.74, 6) is 1.99. The van der Waals surface area contributed by atoms with E-state index < -0.39 is 0 Å². The number of benzene rings is 1. The largest absolute Gasteiger partial charge is 0.496 e. The van der Waals surface area contributed by atoms with Gasteiger partial charge in [-0.1, -0.05) is 18.1 Å². The summed E-state index contributed by atoms with van der Waals surface area (Å²) in [4.78, 5) is 4.37. The van der Waals surface area contributed by atoms with E-state index in [4.69, 9.17) is 14.5 Å². The number of nitrogens with zero attached hydrogens (tertiary/aromatic N) is 3. The molecule has 0 N–H and O–H groups in total. The summed E-state index contributed by atoms with van der Waals surface area (Å²) in [6.45, 7) is 3.98. The molecule has 2 aromatic rings. The van der Waals surface area contributed by atoms with Gasteiger partial charge in [-0.15, -0.1) is 0 Å². The van der Waals surface area contributed by atoms with Gasteiger partial charge in [-0.05, 0) is 30.5 Å². The fraction of sp³-hybridized carbons (Fsp3) is 0.400. The lowest BCUT2D eigenvalue weighted by molar-refractivity contribution is 0.359. The van der Waals surface area contributed by atoms with Crippen molar-refractivity contribution in [1.82, 2.24) is 10.1 Å². The van der Waals surface area contributed by atoms with E-state index in [1.807, 2.05) is 32.0 Å². The molecule has 1 unspecified atom stereocenters. The molecule has 1 aromatic carbocycles. The fourth-order valence-electron chi connectivity index (χ4n) is 1.96. The quantitative estimate of drug-likeness (QED) is 0.835. The highest BCUT2D eigenvalue weighted by Crippen LogP contribution is 2.28. The summed E-state index contributed by atoms with van der Waals surface area (Å²) >= 11 is 0. The van der Waals surface area contributed by atoms with Gasteiger partial charge in [-0.25, -0.2) is 0 Å². The van der Waals surface area contributed by atoms with E-state index in [2.05, 4.69) is 16.2 Å². The molecule has 5 heteroatoms. The van der Waals surface area contributed by atoms with E-state index in [1.165, 1.54) is 0 Å². The van der Waals surface area contributed by atoms with Gasteiger partial charge in [0, 0.05) is 12.8 Å². The molecule has 0 fully saturated rings. The molecule has 0 radical (unpaired) electrons. The maximum Gasteiger partial charge on any atom is 0.227 e. The number of methoxy groups -OCH3 is 1. The van der Waals surface area contributed by atoms with Gasteiger partial charge in [0.25, 0.3) is 0 Å². The molecule has 1 heterocycles. The van der Waals surface area contributed by atoms with Crippen LogP contribution in [0.4, 0.5) is 0 Å². The van der Waals surface area contributed by atoms with Gasteiger partial charge in [-0.2, -0.15) is 10.2 Å². The summed E-state index contributed by atoms with van der Waals surface area (Å²) < 4.78 is 10.6. The Bertz CT molecular complexity index is 628. The maximum atomic E-state index is 8.66. The minimum Gasteiger partial charge on any atom is -0.496 e. The number of hydrogen-bond acceptors (Lipinski definition) is 5. The lowest BCUT2D eigenvalue weighted by Gasteiger charge is -2.05. The van der Waals surface area contributed by atoms with Crippen LogP contribution in [0.5, 0.6) is 5.75 Å². The smallest absolute Gasteiger partial charge is 0.227 e. The van der Waals surface area contributed by atoms with Crippen molar-refractivity contribution in [3.63, 3.8) is 0 Å². The van der Waals surface area contributed by atoms with Gasteiger partial charge in [-0.3, -0.25) is 0 Å². The van der Waals surface area contributed by atoms with E-state index in [9.17, 15) is 0 Å². The Morgan fingerprint density at radius 1 is 1.45 bits per heavy atom. The zero-order valence-electron chi connectivity index (χ0n) is 11.9. The Labute approximate surface area is 118 Å². The number of aryl methyl sites for hydroxylation is 1. The van der Waals surface area contributed by atoms with E-state index in [1.54, 1.807) is 7.11 Å². The van der Waals surface area contributed by atoms with Crippen LogP contribution < -0.4 is 4.74 Å². The molecule has 5 nitrogen and oxygen atoms in total. The van der Waals surface area contributed by atoms with Crippen molar-refractivity contribution >= 4 is 0 Å². The summed E-state index contributed by atoms with van der Waals surface area (Å²) in [6, 6.07) is 7.97. The molecule has 1 aromatic heterocycles. The molecule has 0 bridgehead atoms. The van der Waals surface area contributed by atoms with Crippen LogP contribution in [0.25, 0.3) is 11.4 Å². The summed E-state index contributed by atoms with van der Waals surface area (Å²) in [5.41, 5.74) is 1.91. The van der Waals surface area contributed by atoms with Crippen LogP contribution in [-0.2, 0) is 6.42 Å². The van der Waals surface area contributed by atoms with Crippen LogP contribution in [0.3, 0.4) is 0 Å². The minimum atomic E-state index is 0.202. The first-order chi connectivity index (χ1) is 9.63. The summed E-state index contributed by atoms with van der Waals surface area (Å²) in [6.07, 6.45) is 1.08. The number of hydrogen-bond donors (Lipinski definition) is 0. The first-order valence-corrected chi connectivity index (χ1v) is 6.48. The fourth-order valence-corrected chi connectivity index (χ4v) is 1.96. The topological polar surface area (TPSA) is 71.9 Å². The molecule has 0 saturated heterocycles. The van der Waals surface area contributed by atoms with Crippen molar-refractivity contribution in [1.29, 1.82) is 5.26 Å². The Kier molecular flexibility index (Phi) is 4.36. The molecule has 0 saturated carbocycles. The molecule has 0 amide bonds. The van der Waals surface area contributed by atoms with E-state index >= 15 is 0 Å². The number of rotatable bonds is 5. The van der Waals surface area contributed by atoms with Crippen LogP contribution in [-0.4, -0.2) is 17.3 Å². The lowest BCUT2D eigenvalue weighted by atomic mass is 10.1. The molecule has 0 aliphatic heterocycles. The minimum absolute atomic E-state index is 0.202. The molecule has 1 atom stereocenters. The standard InChI is InChI=1S/C15H17N3O2/c1-10-4-5-12(13(8-10)19-3)15-17-14(20-18-15)9-11(2)6-7-16/h4-5,8,11H,6,9H2,1-3H3. The van der Waals surface area contributed by atoms with Gasteiger partial charge in [0.05, 0.1) is 18.7 Å². The third-order valence-electron chi connectivity index (χ3n) is 3.03. The van der Waals surface area contributed by atoms with Gasteiger partial charge < -0.3 is 9.26 Å². The molecule has 2 rings (SSSR count). The highest BCUT2D eigenvalue weighted by molar-refractivity contribution is 5.64. The zero-order chi connectivity index (χ0) is 14.5. The van der Waals surface area contributed by atoms with Crippen molar-refractivity contribution in [2.24, 2.45) is 5.92 Å². The maximum absolute atomic E-state index is 8.66. The highest BCUT2D eigenvalue weighted by Gasteiger charge is 2.15. The zero-order valence-corrected chi connectivity index (χ0v) is 11.9. The van der Waals surface area contributed by atoms with E-state index in [-0.39, 0.29) is 5.92 Å². The lowest BCUT2D eigenvalue weighted by Crippen LogP contribution is -1.98. The first kappa shape index (κ1) is 14.1. The highest BCUT2D eigenvalue weighted by atomic mass is 16.5. The Morgan fingerprint density at radius 2 is 2.25 bits per heavy atom. The van der Waals surface area contributed by atoms with Gasteiger partial charge in [0.15, 0.2) is 0 Å². The second kappa shape index (κ2) is 6.20. The van der Waals surface area contributed by atoms with Crippen LogP contribution in [0.15, 0.2) is 22.7 Å². The van der Waals surface area contributed by atoms with Crippen molar-refractivity contribution < 1.29 is 9.26 Å². The third kappa shape index (κ3) is 3.15. The van der Waals surface area contributed by atoms with Crippen LogP contribution in [0.1, 0.15) is 24.8 Å². The average molecular weight is 271 g/mol. The number of aromatic nitrogens is 2. The first-order valence-electron chi connectivity index (χ1n) is 6.48. The van der Waals surface area contributed by atoms with Gasteiger partial charge in [0.2, 0.25) is 11.7 Å². The molecule has 0 aliphatic carbocycles. The van der Waals surface area contributed by atoms with E-state index in [0.29, 0.717) is 24.6 Å².